The summed E-state index contributed by atoms with van der Waals surface area (Å²) in [5, 5.41) is 2.70. The highest BCUT2D eigenvalue weighted by atomic mass is 19.1. The summed E-state index contributed by atoms with van der Waals surface area (Å²) in [5.41, 5.74) is 1.03. The molecule has 2 aromatic rings. The number of halogens is 1. The van der Waals surface area contributed by atoms with Crippen LogP contribution >= 0.6 is 0 Å². The number of hydrogen-bond donors (Lipinski definition) is 1. The summed E-state index contributed by atoms with van der Waals surface area (Å²) in [6.07, 6.45) is 2.76. The molecular weight excluding hydrogens is 303 g/mol. The number of carbonyl (C=O) groups is 2. The standard InChI is InChI=1S/C16H15FN2O4/c17-13-1-2-14-12(7-13)8-19(15(20)10-23-14)5-4-18-16(21)11-3-6-22-9-11/h1-3,6-7,9H,4-5,8,10H2,(H,18,21). The Bertz CT molecular complexity index is 715. The van der Waals surface area contributed by atoms with Crippen LogP contribution in [0.2, 0.25) is 0 Å². The lowest BCUT2D eigenvalue weighted by Crippen LogP contribution is -2.39. The third-order valence-corrected chi connectivity index (χ3v) is 3.54. The summed E-state index contributed by atoms with van der Waals surface area (Å²) in [7, 11) is 0. The minimum Gasteiger partial charge on any atom is -0.483 e. The van der Waals surface area contributed by atoms with Crippen molar-refractivity contribution >= 4 is 11.8 Å². The van der Waals surface area contributed by atoms with E-state index < -0.39 is 0 Å². The van der Waals surface area contributed by atoms with Gasteiger partial charge in [-0.1, -0.05) is 0 Å². The van der Waals surface area contributed by atoms with Crippen molar-refractivity contribution in [2.75, 3.05) is 19.7 Å². The second-order valence-corrected chi connectivity index (χ2v) is 5.12. The molecule has 1 aliphatic rings. The van der Waals surface area contributed by atoms with E-state index in [-0.39, 0.29) is 37.3 Å². The molecule has 2 heterocycles. The van der Waals surface area contributed by atoms with Crippen LogP contribution in [0, 0.1) is 5.82 Å². The van der Waals surface area contributed by atoms with Crippen molar-refractivity contribution in [3.63, 3.8) is 0 Å². The van der Waals surface area contributed by atoms with Crippen LogP contribution in [0.15, 0.2) is 41.2 Å². The first-order valence-electron chi connectivity index (χ1n) is 7.13. The fourth-order valence-corrected chi connectivity index (χ4v) is 2.34. The van der Waals surface area contributed by atoms with E-state index in [1.165, 1.54) is 35.6 Å². The van der Waals surface area contributed by atoms with E-state index >= 15 is 0 Å². The van der Waals surface area contributed by atoms with E-state index in [1.54, 1.807) is 6.07 Å². The van der Waals surface area contributed by atoms with Crippen LogP contribution in [0.4, 0.5) is 4.39 Å². The van der Waals surface area contributed by atoms with Gasteiger partial charge in [-0.15, -0.1) is 0 Å². The average molecular weight is 318 g/mol. The Morgan fingerprint density at radius 2 is 2.22 bits per heavy atom. The van der Waals surface area contributed by atoms with E-state index in [0.29, 0.717) is 23.4 Å². The van der Waals surface area contributed by atoms with E-state index in [9.17, 15) is 14.0 Å². The van der Waals surface area contributed by atoms with Gasteiger partial charge in [-0.2, -0.15) is 0 Å². The number of hydrogen-bond acceptors (Lipinski definition) is 4. The first kappa shape index (κ1) is 15.1. The third kappa shape index (κ3) is 3.50. The van der Waals surface area contributed by atoms with E-state index in [2.05, 4.69) is 5.32 Å². The van der Waals surface area contributed by atoms with Gasteiger partial charge in [-0.05, 0) is 24.3 Å². The fraction of sp³-hybridized carbons (Fsp3) is 0.250. The first-order chi connectivity index (χ1) is 11.1. The Morgan fingerprint density at radius 3 is 3.00 bits per heavy atom. The zero-order chi connectivity index (χ0) is 16.2. The van der Waals surface area contributed by atoms with Crippen LogP contribution in [-0.2, 0) is 11.3 Å². The lowest BCUT2D eigenvalue weighted by atomic mass is 10.2. The molecule has 1 aromatic heterocycles. The molecule has 6 nitrogen and oxygen atoms in total. The van der Waals surface area contributed by atoms with Crippen molar-refractivity contribution in [2.45, 2.75) is 6.54 Å². The molecule has 3 rings (SSSR count). The highest BCUT2D eigenvalue weighted by molar-refractivity contribution is 5.93. The summed E-state index contributed by atoms with van der Waals surface area (Å²) in [6.45, 7) is 0.726. The quantitative estimate of drug-likeness (QED) is 0.929. The smallest absolute Gasteiger partial charge is 0.260 e. The van der Waals surface area contributed by atoms with Crippen molar-refractivity contribution < 1.29 is 23.1 Å². The summed E-state index contributed by atoms with van der Waals surface area (Å²) in [5.74, 6) is -0.359. The Labute approximate surface area is 131 Å². The SMILES string of the molecule is O=C(NCCN1Cc2cc(F)ccc2OCC1=O)c1ccoc1. The summed E-state index contributed by atoms with van der Waals surface area (Å²) in [4.78, 5) is 25.4. The van der Waals surface area contributed by atoms with Gasteiger partial charge in [0.05, 0.1) is 11.8 Å². The number of rotatable bonds is 4. The maximum atomic E-state index is 13.3. The topological polar surface area (TPSA) is 71.8 Å². The fourth-order valence-electron chi connectivity index (χ4n) is 2.34. The molecule has 7 heteroatoms. The Morgan fingerprint density at radius 1 is 1.35 bits per heavy atom. The van der Waals surface area contributed by atoms with Crippen LogP contribution < -0.4 is 10.1 Å². The van der Waals surface area contributed by atoms with Gasteiger partial charge in [0.1, 0.15) is 17.8 Å². The Balaban J connectivity index is 1.60. The normalized spacial score (nSPS) is 14.0. The van der Waals surface area contributed by atoms with Gasteiger partial charge in [0.25, 0.3) is 11.8 Å². The van der Waals surface area contributed by atoms with E-state index in [4.69, 9.17) is 9.15 Å². The maximum absolute atomic E-state index is 13.3. The molecule has 2 amide bonds. The molecule has 120 valence electrons. The molecule has 0 aliphatic carbocycles. The molecule has 0 atom stereocenters. The van der Waals surface area contributed by atoms with Crippen molar-refractivity contribution in [2.24, 2.45) is 0 Å². The van der Waals surface area contributed by atoms with Gasteiger partial charge in [-0.3, -0.25) is 9.59 Å². The first-order valence-corrected chi connectivity index (χ1v) is 7.13. The molecule has 1 aromatic carbocycles. The highest BCUT2D eigenvalue weighted by Gasteiger charge is 2.21. The average Bonchev–Trinajstić information content (AvgIpc) is 3.02. The van der Waals surface area contributed by atoms with Gasteiger partial charge in [0.15, 0.2) is 6.61 Å². The number of amides is 2. The zero-order valence-electron chi connectivity index (χ0n) is 12.3. The largest absolute Gasteiger partial charge is 0.483 e. The molecule has 0 fully saturated rings. The van der Waals surface area contributed by atoms with Crippen LogP contribution in [0.5, 0.6) is 5.75 Å². The van der Waals surface area contributed by atoms with Gasteiger partial charge in [0, 0.05) is 25.2 Å². The van der Waals surface area contributed by atoms with Crippen molar-refractivity contribution in [1.82, 2.24) is 10.2 Å². The maximum Gasteiger partial charge on any atom is 0.260 e. The molecule has 1 aliphatic heterocycles. The number of carbonyl (C=O) groups excluding carboxylic acids is 2. The number of nitrogens with zero attached hydrogens (tertiary/aromatic N) is 1. The predicted molar refractivity (Wildman–Crippen MR) is 78.4 cm³/mol. The van der Waals surface area contributed by atoms with E-state index in [1.807, 2.05) is 0 Å². The summed E-state index contributed by atoms with van der Waals surface area (Å²) in [6, 6.07) is 5.72. The number of furan rings is 1. The van der Waals surface area contributed by atoms with Crippen LogP contribution in [0.25, 0.3) is 0 Å². The van der Waals surface area contributed by atoms with Gasteiger partial charge in [-0.25, -0.2) is 4.39 Å². The molecule has 23 heavy (non-hydrogen) atoms. The van der Waals surface area contributed by atoms with Gasteiger partial charge >= 0.3 is 0 Å². The molecule has 0 bridgehead atoms. The molecule has 0 saturated heterocycles. The highest BCUT2D eigenvalue weighted by Crippen LogP contribution is 2.24. The second kappa shape index (κ2) is 6.51. The number of fused-ring (bicyclic) bond motifs is 1. The lowest BCUT2D eigenvalue weighted by molar-refractivity contribution is -0.133. The van der Waals surface area contributed by atoms with Crippen LogP contribution in [0.1, 0.15) is 15.9 Å². The van der Waals surface area contributed by atoms with Crippen molar-refractivity contribution in [3.05, 3.63) is 53.7 Å². The third-order valence-electron chi connectivity index (χ3n) is 3.54. The molecule has 0 saturated carbocycles. The van der Waals surface area contributed by atoms with Crippen LogP contribution in [0.3, 0.4) is 0 Å². The Hall–Kier alpha value is -2.83. The lowest BCUT2D eigenvalue weighted by Gasteiger charge is -2.20. The number of benzene rings is 1. The van der Waals surface area contributed by atoms with Gasteiger partial charge in [0.2, 0.25) is 0 Å². The molecule has 1 N–H and O–H groups in total. The van der Waals surface area contributed by atoms with Crippen LogP contribution in [-0.4, -0.2) is 36.4 Å². The predicted octanol–water partition coefficient (Wildman–Crippen LogP) is 1.57. The zero-order valence-corrected chi connectivity index (χ0v) is 12.3. The van der Waals surface area contributed by atoms with Crippen molar-refractivity contribution in [1.29, 1.82) is 0 Å². The molecule has 0 unspecified atom stereocenters. The Kier molecular flexibility index (Phi) is 4.27. The van der Waals surface area contributed by atoms with Crippen molar-refractivity contribution in [3.8, 4) is 5.75 Å². The number of ether oxygens (including phenoxy) is 1. The molecular formula is C16H15FN2O4. The molecule has 0 radical (unpaired) electrons. The second-order valence-electron chi connectivity index (χ2n) is 5.12. The minimum atomic E-state index is -0.380. The minimum absolute atomic E-state index is 0.103. The monoisotopic (exact) mass is 318 g/mol. The number of nitrogens with one attached hydrogen (secondary N) is 1. The summed E-state index contributed by atoms with van der Waals surface area (Å²) >= 11 is 0. The van der Waals surface area contributed by atoms with Gasteiger partial charge < -0.3 is 19.4 Å². The summed E-state index contributed by atoms with van der Waals surface area (Å²) < 4.78 is 23.6. The molecule has 0 spiro atoms. The van der Waals surface area contributed by atoms with E-state index in [0.717, 1.165) is 0 Å².